The number of unbranched alkanes of at least 4 members (excludes halogenated alkanes) is 1. The van der Waals surface area contributed by atoms with Crippen LogP contribution in [0.25, 0.3) is 0 Å². The van der Waals surface area contributed by atoms with Crippen molar-refractivity contribution in [3.63, 3.8) is 0 Å². The quantitative estimate of drug-likeness (QED) is 0.826. The van der Waals surface area contributed by atoms with E-state index in [1.165, 1.54) is 0 Å². The third-order valence-electron chi connectivity index (χ3n) is 3.37. The number of carbonyl (C=O) groups excluding carboxylic acids is 1. The molecule has 0 spiro atoms. The van der Waals surface area contributed by atoms with Gasteiger partial charge in [0.15, 0.2) is 0 Å². The first-order chi connectivity index (χ1) is 11.0. The molecule has 0 fully saturated rings. The molecule has 1 aromatic heterocycles. The van der Waals surface area contributed by atoms with Crippen LogP contribution in [0.4, 0.5) is 11.6 Å². The average Bonchev–Trinajstić information content (AvgIpc) is 2.54. The summed E-state index contributed by atoms with van der Waals surface area (Å²) >= 11 is 3.37. The lowest BCUT2D eigenvalue weighted by Gasteiger charge is -2.17. The number of benzene rings is 1. The van der Waals surface area contributed by atoms with E-state index in [-0.39, 0.29) is 5.91 Å². The summed E-state index contributed by atoms with van der Waals surface area (Å²) in [7, 11) is 1.95. The molecular formula is C17H21BrN4O. The highest BCUT2D eigenvalue weighted by Crippen LogP contribution is 2.16. The number of nitrogens with one attached hydrogen (secondary N) is 1. The minimum Gasteiger partial charge on any atom is -0.344 e. The second kappa shape index (κ2) is 8.06. The van der Waals surface area contributed by atoms with Crippen LogP contribution in [0.5, 0.6) is 0 Å². The van der Waals surface area contributed by atoms with Crippen molar-refractivity contribution in [3.05, 3.63) is 46.2 Å². The highest BCUT2D eigenvalue weighted by molar-refractivity contribution is 9.10. The van der Waals surface area contributed by atoms with Gasteiger partial charge in [0.2, 0.25) is 5.95 Å². The Hall–Kier alpha value is -1.95. The van der Waals surface area contributed by atoms with Gasteiger partial charge in [-0.25, -0.2) is 9.97 Å². The maximum Gasteiger partial charge on any atom is 0.274 e. The van der Waals surface area contributed by atoms with Crippen LogP contribution in [-0.2, 0) is 0 Å². The van der Waals surface area contributed by atoms with Crippen LogP contribution < -0.4 is 10.2 Å². The minimum atomic E-state index is -0.233. The Morgan fingerprint density at radius 1 is 1.26 bits per heavy atom. The molecule has 23 heavy (non-hydrogen) atoms. The smallest absolute Gasteiger partial charge is 0.274 e. The first-order valence-corrected chi connectivity index (χ1v) is 8.42. The van der Waals surface area contributed by atoms with Gasteiger partial charge in [0.25, 0.3) is 5.91 Å². The van der Waals surface area contributed by atoms with Crippen LogP contribution in [0.2, 0.25) is 0 Å². The maximum atomic E-state index is 12.4. The topological polar surface area (TPSA) is 58.1 Å². The molecule has 0 aliphatic carbocycles. The molecule has 1 heterocycles. The number of amides is 1. The van der Waals surface area contributed by atoms with E-state index < -0.39 is 0 Å². The van der Waals surface area contributed by atoms with E-state index in [1.807, 2.05) is 43.1 Å². The highest BCUT2D eigenvalue weighted by Gasteiger charge is 2.13. The van der Waals surface area contributed by atoms with E-state index >= 15 is 0 Å². The van der Waals surface area contributed by atoms with Gasteiger partial charge in [0.1, 0.15) is 5.69 Å². The molecular weight excluding hydrogens is 356 g/mol. The number of hydrogen-bond acceptors (Lipinski definition) is 4. The fraction of sp³-hybridized carbons (Fsp3) is 0.353. The molecule has 0 aliphatic heterocycles. The van der Waals surface area contributed by atoms with Crippen LogP contribution in [0.3, 0.4) is 0 Å². The molecule has 0 radical (unpaired) electrons. The second-order valence-corrected chi connectivity index (χ2v) is 6.35. The number of aryl methyl sites for hydroxylation is 1. The van der Waals surface area contributed by atoms with E-state index in [2.05, 4.69) is 38.1 Å². The summed E-state index contributed by atoms with van der Waals surface area (Å²) in [5.41, 5.74) is 1.88. The number of aromatic nitrogens is 2. The van der Waals surface area contributed by atoms with Gasteiger partial charge in [-0.05, 0) is 43.7 Å². The van der Waals surface area contributed by atoms with Crippen LogP contribution in [0.1, 0.15) is 35.9 Å². The summed E-state index contributed by atoms with van der Waals surface area (Å²) in [5, 5.41) is 2.85. The van der Waals surface area contributed by atoms with Gasteiger partial charge in [-0.3, -0.25) is 4.79 Å². The maximum absolute atomic E-state index is 12.4. The van der Waals surface area contributed by atoms with Gasteiger partial charge in [-0.15, -0.1) is 0 Å². The van der Waals surface area contributed by atoms with Crippen LogP contribution in [-0.4, -0.2) is 29.5 Å². The Balaban J connectivity index is 2.16. The van der Waals surface area contributed by atoms with E-state index in [9.17, 15) is 4.79 Å². The lowest BCUT2D eigenvalue weighted by molar-refractivity contribution is 0.102. The molecule has 6 heteroatoms. The van der Waals surface area contributed by atoms with Crippen LogP contribution in [0, 0.1) is 6.92 Å². The first kappa shape index (κ1) is 17.4. The Labute approximate surface area is 145 Å². The van der Waals surface area contributed by atoms with Crippen molar-refractivity contribution in [2.24, 2.45) is 0 Å². The van der Waals surface area contributed by atoms with E-state index in [0.29, 0.717) is 11.6 Å². The van der Waals surface area contributed by atoms with Crippen LogP contribution in [0.15, 0.2) is 34.8 Å². The SMILES string of the molecule is CCCCN(C)c1nc(C)cc(C(=O)Nc2ccc(Br)cc2)n1. The number of nitrogens with zero attached hydrogens (tertiary/aromatic N) is 3. The molecule has 0 saturated carbocycles. The first-order valence-electron chi connectivity index (χ1n) is 7.63. The largest absolute Gasteiger partial charge is 0.344 e. The Kier molecular flexibility index (Phi) is 6.10. The average molecular weight is 377 g/mol. The fourth-order valence-electron chi connectivity index (χ4n) is 2.06. The standard InChI is InChI=1S/C17H21BrN4O/c1-4-5-10-22(3)17-19-12(2)11-15(21-17)16(23)20-14-8-6-13(18)7-9-14/h6-9,11H,4-5,10H2,1-3H3,(H,20,23). The molecule has 0 unspecified atom stereocenters. The highest BCUT2D eigenvalue weighted by atomic mass is 79.9. The van der Waals surface area contributed by atoms with E-state index in [4.69, 9.17) is 0 Å². The van der Waals surface area contributed by atoms with Gasteiger partial charge in [0, 0.05) is 29.4 Å². The molecule has 0 bridgehead atoms. The molecule has 5 nitrogen and oxygen atoms in total. The number of hydrogen-bond donors (Lipinski definition) is 1. The molecule has 122 valence electrons. The van der Waals surface area contributed by atoms with Crippen molar-refractivity contribution < 1.29 is 4.79 Å². The molecule has 1 aromatic carbocycles. The number of anilines is 2. The summed E-state index contributed by atoms with van der Waals surface area (Å²) in [6, 6.07) is 9.13. The second-order valence-electron chi connectivity index (χ2n) is 5.43. The van der Waals surface area contributed by atoms with Gasteiger partial charge in [-0.2, -0.15) is 0 Å². The van der Waals surface area contributed by atoms with Crippen molar-refractivity contribution in [1.29, 1.82) is 0 Å². The molecule has 2 rings (SSSR count). The fourth-order valence-corrected chi connectivity index (χ4v) is 2.33. The van der Waals surface area contributed by atoms with Gasteiger partial charge >= 0.3 is 0 Å². The third-order valence-corrected chi connectivity index (χ3v) is 3.89. The normalized spacial score (nSPS) is 10.4. The minimum absolute atomic E-state index is 0.233. The zero-order valence-corrected chi connectivity index (χ0v) is 15.2. The summed E-state index contributed by atoms with van der Waals surface area (Å²) in [6.45, 7) is 4.88. The predicted molar refractivity (Wildman–Crippen MR) is 97.0 cm³/mol. The number of carbonyl (C=O) groups is 1. The van der Waals surface area contributed by atoms with Gasteiger partial charge in [-0.1, -0.05) is 29.3 Å². The zero-order valence-electron chi connectivity index (χ0n) is 13.6. The lowest BCUT2D eigenvalue weighted by atomic mass is 10.3. The Morgan fingerprint density at radius 2 is 1.96 bits per heavy atom. The van der Waals surface area contributed by atoms with Gasteiger partial charge in [0.05, 0.1) is 0 Å². The van der Waals surface area contributed by atoms with E-state index in [0.717, 1.165) is 35.2 Å². The van der Waals surface area contributed by atoms with Crippen molar-refractivity contribution in [2.45, 2.75) is 26.7 Å². The van der Waals surface area contributed by atoms with Crippen molar-refractivity contribution in [2.75, 3.05) is 23.8 Å². The Bertz CT molecular complexity index is 673. The summed E-state index contributed by atoms with van der Waals surface area (Å²) < 4.78 is 0.966. The lowest BCUT2D eigenvalue weighted by Crippen LogP contribution is -2.23. The molecule has 1 N–H and O–H groups in total. The zero-order chi connectivity index (χ0) is 16.8. The van der Waals surface area contributed by atoms with Crippen molar-refractivity contribution in [3.8, 4) is 0 Å². The monoisotopic (exact) mass is 376 g/mol. The van der Waals surface area contributed by atoms with Crippen LogP contribution >= 0.6 is 15.9 Å². The molecule has 0 aliphatic rings. The van der Waals surface area contributed by atoms with E-state index in [1.54, 1.807) is 6.07 Å². The summed E-state index contributed by atoms with van der Waals surface area (Å²) in [4.78, 5) is 23.2. The molecule has 1 amide bonds. The third kappa shape index (κ3) is 5.03. The molecule has 2 aromatic rings. The number of rotatable bonds is 6. The summed E-state index contributed by atoms with van der Waals surface area (Å²) in [5.74, 6) is 0.349. The predicted octanol–water partition coefficient (Wildman–Crippen LogP) is 4.04. The Morgan fingerprint density at radius 3 is 2.61 bits per heavy atom. The van der Waals surface area contributed by atoms with Crippen molar-refractivity contribution in [1.82, 2.24) is 9.97 Å². The van der Waals surface area contributed by atoms with Gasteiger partial charge < -0.3 is 10.2 Å². The molecule has 0 saturated heterocycles. The summed E-state index contributed by atoms with van der Waals surface area (Å²) in [6.07, 6.45) is 2.17. The van der Waals surface area contributed by atoms with Crippen molar-refractivity contribution >= 4 is 33.5 Å². The number of halogens is 1. The molecule has 0 atom stereocenters.